The van der Waals surface area contributed by atoms with Crippen LogP contribution in [0.2, 0.25) is 0 Å². The van der Waals surface area contributed by atoms with Gasteiger partial charge < -0.3 is 16.4 Å². The van der Waals surface area contributed by atoms with Gasteiger partial charge >= 0.3 is 0 Å². The maximum Gasteiger partial charge on any atom is 0.243 e. The summed E-state index contributed by atoms with van der Waals surface area (Å²) >= 11 is 0. The Balaban J connectivity index is 2.61. The number of piperazine rings is 1. The summed E-state index contributed by atoms with van der Waals surface area (Å²) in [6.45, 7) is 1.56. The van der Waals surface area contributed by atoms with Gasteiger partial charge in [-0.25, -0.2) is 0 Å². The van der Waals surface area contributed by atoms with Crippen molar-refractivity contribution >= 4 is 17.7 Å². The van der Waals surface area contributed by atoms with Gasteiger partial charge in [0.2, 0.25) is 17.7 Å². The van der Waals surface area contributed by atoms with E-state index >= 15 is 0 Å². The Bertz CT molecular complexity index is 264. The lowest BCUT2D eigenvalue weighted by Gasteiger charge is -2.26. The number of carbonyl (C=O) groups excluding carboxylic acids is 3. The lowest BCUT2D eigenvalue weighted by Crippen LogP contribution is -2.61. The van der Waals surface area contributed by atoms with Crippen LogP contribution >= 0.6 is 0 Å². The molecule has 0 unspecified atom stereocenters. The molecule has 3 amide bonds. The molecule has 1 aliphatic rings. The topological polar surface area (TPSA) is 101 Å². The molecule has 0 radical (unpaired) electrons. The lowest BCUT2D eigenvalue weighted by atomic mass is 10.1. The Morgan fingerprint density at radius 3 is 2.54 bits per heavy atom. The van der Waals surface area contributed by atoms with Crippen molar-refractivity contribution in [3.63, 3.8) is 0 Å². The van der Waals surface area contributed by atoms with Crippen molar-refractivity contribution in [1.82, 2.24) is 10.6 Å². The second-order valence-electron chi connectivity index (χ2n) is 2.96. The fourth-order valence-corrected chi connectivity index (χ4v) is 1.09. The first-order valence-corrected chi connectivity index (χ1v) is 3.89. The summed E-state index contributed by atoms with van der Waals surface area (Å²) in [4.78, 5) is 32.7. The summed E-state index contributed by atoms with van der Waals surface area (Å²) < 4.78 is 0. The van der Waals surface area contributed by atoms with Gasteiger partial charge in [-0.15, -0.1) is 0 Å². The van der Waals surface area contributed by atoms with Crippen molar-refractivity contribution in [2.45, 2.75) is 25.4 Å². The Kier molecular flexibility index (Phi) is 2.50. The molecule has 0 saturated carbocycles. The van der Waals surface area contributed by atoms with Crippen molar-refractivity contribution in [3.05, 3.63) is 0 Å². The number of carbonyl (C=O) groups is 3. The molecule has 1 fully saturated rings. The summed E-state index contributed by atoms with van der Waals surface area (Å²) in [6, 6.07) is -1.36. The van der Waals surface area contributed by atoms with Crippen molar-refractivity contribution in [2.24, 2.45) is 5.73 Å². The summed E-state index contributed by atoms with van der Waals surface area (Å²) in [6.07, 6.45) is -0.162. The average molecular weight is 185 g/mol. The highest BCUT2D eigenvalue weighted by atomic mass is 16.2. The first kappa shape index (κ1) is 9.50. The van der Waals surface area contributed by atoms with E-state index in [1.165, 1.54) is 0 Å². The van der Waals surface area contributed by atoms with E-state index in [0.717, 1.165) is 0 Å². The Hall–Kier alpha value is -1.59. The third-order valence-electron chi connectivity index (χ3n) is 1.79. The van der Waals surface area contributed by atoms with E-state index in [0.29, 0.717) is 0 Å². The van der Waals surface area contributed by atoms with E-state index in [9.17, 15) is 14.4 Å². The van der Waals surface area contributed by atoms with Gasteiger partial charge in [-0.1, -0.05) is 0 Å². The third-order valence-corrected chi connectivity index (χ3v) is 1.79. The quantitative estimate of drug-likeness (QED) is 0.457. The predicted molar refractivity (Wildman–Crippen MR) is 43.3 cm³/mol. The van der Waals surface area contributed by atoms with Crippen LogP contribution in [0.1, 0.15) is 13.3 Å². The van der Waals surface area contributed by atoms with E-state index in [1.807, 2.05) is 0 Å². The number of nitrogens with one attached hydrogen (secondary N) is 2. The van der Waals surface area contributed by atoms with Crippen LogP contribution in [0.25, 0.3) is 0 Å². The van der Waals surface area contributed by atoms with E-state index in [2.05, 4.69) is 10.6 Å². The van der Waals surface area contributed by atoms with Gasteiger partial charge in [0.1, 0.15) is 12.1 Å². The largest absolute Gasteiger partial charge is 0.370 e. The van der Waals surface area contributed by atoms with Crippen molar-refractivity contribution < 1.29 is 14.4 Å². The molecule has 4 N–H and O–H groups in total. The van der Waals surface area contributed by atoms with Crippen molar-refractivity contribution in [3.8, 4) is 0 Å². The highest BCUT2D eigenvalue weighted by Crippen LogP contribution is 1.99. The van der Waals surface area contributed by atoms with Crippen LogP contribution in [-0.2, 0) is 14.4 Å². The normalized spacial score (nSPS) is 27.8. The molecule has 0 spiro atoms. The second kappa shape index (κ2) is 3.42. The number of primary amides is 1. The fourth-order valence-electron chi connectivity index (χ4n) is 1.09. The number of nitrogens with two attached hydrogens (primary N) is 1. The molecule has 1 aliphatic heterocycles. The molecular weight excluding hydrogens is 174 g/mol. The Morgan fingerprint density at radius 1 is 1.38 bits per heavy atom. The van der Waals surface area contributed by atoms with Crippen LogP contribution in [0.15, 0.2) is 0 Å². The number of amides is 3. The summed E-state index contributed by atoms with van der Waals surface area (Å²) in [7, 11) is 0. The van der Waals surface area contributed by atoms with Crippen LogP contribution < -0.4 is 16.4 Å². The lowest BCUT2D eigenvalue weighted by molar-refractivity contribution is -0.137. The standard InChI is InChI=1S/C7H11N3O3/c1-3-6(12)10-4(2-5(8)11)7(13)9-3/h3-4H,2H2,1H3,(H2,8,11)(H,9,13)(H,10,12)/t3-,4-/m0/s1. The molecule has 6 heteroatoms. The van der Waals surface area contributed by atoms with E-state index in [1.54, 1.807) is 6.92 Å². The highest BCUT2D eigenvalue weighted by molar-refractivity contribution is 5.98. The van der Waals surface area contributed by atoms with Gasteiger partial charge in [0.25, 0.3) is 0 Å². The zero-order valence-corrected chi connectivity index (χ0v) is 7.16. The van der Waals surface area contributed by atoms with Gasteiger partial charge in [0.05, 0.1) is 6.42 Å². The molecular formula is C7H11N3O3. The summed E-state index contributed by atoms with van der Waals surface area (Å²) in [5.74, 6) is -1.29. The molecule has 1 heterocycles. The number of hydrogen-bond donors (Lipinski definition) is 3. The van der Waals surface area contributed by atoms with Crippen LogP contribution in [0, 0.1) is 0 Å². The van der Waals surface area contributed by atoms with E-state index < -0.39 is 18.0 Å². The maximum atomic E-state index is 11.2. The third kappa shape index (κ3) is 2.17. The van der Waals surface area contributed by atoms with E-state index in [4.69, 9.17) is 5.73 Å². The molecule has 0 aromatic carbocycles. The molecule has 1 saturated heterocycles. The van der Waals surface area contributed by atoms with Crippen molar-refractivity contribution in [1.29, 1.82) is 0 Å². The minimum Gasteiger partial charge on any atom is -0.370 e. The van der Waals surface area contributed by atoms with Gasteiger partial charge in [-0.3, -0.25) is 14.4 Å². The van der Waals surface area contributed by atoms with Crippen LogP contribution in [0.4, 0.5) is 0 Å². The summed E-state index contributed by atoms with van der Waals surface area (Å²) in [5, 5.41) is 4.82. The predicted octanol–water partition coefficient (Wildman–Crippen LogP) is -2.14. The first-order chi connectivity index (χ1) is 6.00. The number of hydrogen-bond acceptors (Lipinski definition) is 3. The maximum absolute atomic E-state index is 11.2. The molecule has 0 aromatic rings. The van der Waals surface area contributed by atoms with Gasteiger partial charge in [-0.05, 0) is 6.92 Å². The Morgan fingerprint density at radius 2 is 2.00 bits per heavy atom. The molecule has 0 bridgehead atoms. The molecule has 1 rings (SSSR count). The monoisotopic (exact) mass is 185 g/mol. The molecule has 0 aromatic heterocycles. The average Bonchev–Trinajstić information content (AvgIpc) is 1.99. The van der Waals surface area contributed by atoms with Gasteiger partial charge in [0, 0.05) is 0 Å². The SMILES string of the molecule is C[C@@H]1NC(=O)[C@H](CC(N)=O)NC1=O. The van der Waals surface area contributed by atoms with Crippen LogP contribution in [-0.4, -0.2) is 29.8 Å². The Labute approximate surface area is 74.8 Å². The molecule has 72 valence electrons. The van der Waals surface area contributed by atoms with Gasteiger partial charge in [0.15, 0.2) is 0 Å². The van der Waals surface area contributed by atoms with E-state index in [-0.39, 0.29) is 18.2 Å². The van der Waals surface area contributed by atoms with Crippen molar-refractivity contribution in [2.75, 3.05) is 0 Å². The zero-order chi connectivity index (χ0) is 10.0. The molecule has 2 atom stereocenters. The highest BCUT2D eigenvalue weighted by Gasteiger charge is 2.31. The first-order valence-electron chi connectivity index (χ1n) is 3.89. The minimum atomic E-state index is -0.818. The minimum absolute atomic E-state index is 0.162. The number of rotatable bonds is 2. The van der Waals surface area contributed by atoms with Gasteiger partial charge in [-0.2, -0.15) is 0 Å². The summed E-state index contributed by atoms with van der Waals surface area (Å²) in [5.41, 5.74) is 4.90. The fraction of sp³-hybridized carbons (Fsp3) is 0.571. The van der Waals surface area contributed by atoms with Crippen LogP contribution in [0.5, 0.6) is 0 Å². The second-order valence-corrected chi connectivity index (χ2v) is 2.96. The van der Waals surface area contributed by atoms with Crippen LogP contribution in [0.3, 0.4) is 0 Å². The smallest absolute Gasteiger partial charge is 0.243 e. The molecule has 6 nitrogen and oxygen atoms in total. The molecule has 0 aliphatic carbocycles. The molecule has 13 heavy (non-hydrogen) atoms. The zero-order valence-electron chi connectivity index (χ0n) is 7.16.